The van der Waals surface area contributed by atoms with Crippen LogP contribution in [0.1, 0.15) is 55.5 Å². The lowest BCUT2D eigenvalue weighted by Gasteiger charge is -2.27. The molecule has 0 atom stereocenters. The predicted octanol–water partition coefficient (Wildman–Crippen LogP) is 10.8. The van der Waals surface area contributed by atoms with Crippen molar-refractivity contribution >= 4 is 21.8 Å². The van der Waals surface area contributed by atoms with Crippen molar-refractivity contribution in [1.29, 1.82) is 5.26 Å². The highest BCUT2D eigenvalue weighted by Crippen LogP contribution is 2.63. The lowest BCUT2D eigenvalue weighted by molar-refractivity contribution is 0.658. The van der Waals surface area contributed by atoms with Crippen LogP contribution in [0.25, 0.3) is 72.8 Å². The summed E-state index contributed by atoms with van der Waals surface area (Å²) in [7, 11) is 0. The van der Waals surface area contributed by atoms with Crippen LogP contribution in [0.2, 0.25) is 0 Å². The second-order valence-corrected chi connectivity index (χ2v) is 14.8. The summed E-state index contributed by atoms with van der Waals surface area (Å²) in [6.45, 7) is 9.48. The van der Waals surface area contributed by atoms with E-state index < -0.39 is 0 Å². The van der Waals surface area contributed by atoms with Crippen molar-refractivity contribution < 1.29 is 0 Å². The molecule has 0 N–H and O–H groups in total. The van der Waals surface area contributed by atoms with Crippen LogP contribution < -0.4 is 0 Å². The van der Waals surface area contributed by atoms with Crippen LogP contribution in [-0.2, 0) is 10.8 Å². The molecular formula is C46H33N5. The quantitative estimate of drug-likeness (QED) is 0.190. The van der Waals surface area contributed by atoms with Crippen molar-refractivity contribution in [2.24, 2.45) is 0 Å². The molecule has 5 nitrogen and oxygen atoms in total. The normalized spacial score (nSPS) is 14.6. The maximum absolute atomic E-state index is 9.51. The minimum Gasteiger partial charge on any atom is -0.277 e. The molecule has 51 heavy (non-hydrogen) atoms. The largest absolute Gasteiger partial charge is 0.277 e. The molecule has 0 fully saturated rings. The van der Waals surface area contributed by atoms with Crippen molar-refractivity contribution in [1.82, 2.24) is 19.5 Å². The Hall–Kier alpha value is -6.38. The van der Waals surface area contributed by atoms with E-state index in [1.807, 2.05) is 54.6 Å². The molecule has 0 radical (unpaired) electrons. The number of fused-ring (bicyclic) bond motifs is 12. The van der Waals surface area contributed by atoms with Crippen molar-refractivity contribution in [3.05, 3.63) is 155 Å². The number of benzene rings is 6. The lowest BCUT2D eigenvalue weighted by Crippen LogP contribution is -2.19. The van der Waals surface area contributed by atoms with E-state index >= 15 is 0 Å². The third-order valence-electron chi connectivity index (χ3n) is 11.2. The highest BCUT2D eigenvalue weighted by Gasteiger charge is 2.47. The van der Waals surface area contributed by atoms with Gasteiger partial charge in [0.1, 0.15) is 0 Å². The Balaban J connectivity index is 1.41. The SMILES string of the molecule is CC1(C)c2ccccc2-c2c3c(c4c(c21)c1ccccc1n4-c1nc(-c2ccccc2)nc(-c2ccc(C#N)cc2)n1)C(C)(C)c1ccccc1-3. The Kier molecular flexibility index (Phi) is 5.98. The number of para-hydroxylation sites is 1. The zero-order chi connectivity index (χ0) is 34.6. The molecule has 2 heterocycles. The van der Waals surface area contributed by atoms with Gasteiger partial charge in [-0.05, 0) is 74.8 Å². The predicted molar refractivity (Wildman–Crippen MR) is 205 cm³/mol. The van der Waals surface area contributed by atoms with Crippen LogP contribution in [0.15, 0.2) is 127 Å². The molecule has 0 saturated carbocycles. The van der Waals surface area contributed by atoms with E-state index in [4.69, 9.17) is 15.0 Å². The van der Waals surface area contributed by atoms with E-state index in [2.05, 4.69) is 111 Å². The highest BCUT2D eigenvalue weighted by atomic mass is 15.2. The first-order valence-corrected chi connectivity index (χ1v) is 17.5. The Morgan fingerprint density at radius 2 is 1.08 bits per heavy atom. The van der Waals surface area contributed by atoms with Crippen LogP contribution in [0.4, 0.5) is 0 Å². The van der Waals surface area contributed by atoms with Crippen molar-refractivity contribution in [3.8, 4) is 57.0 Å². The molecule has 2 aliphatic rings. The lowest BCUT2D eigenvalue weighted by atomic mass is 9.76. The van der Waals surface area contributed by atoms with Gasteiger partial charge in [0.15, 0.2) is 11.6 Å². The topological polar surface area (TPSA) is 67.4 Å². The van der Waals surface area contributed by atoms with E-state index in [1.54, 1.807) is 0 Å². The van der Waals surface area contributed by atoms with Gasteiger partial charge in [-0.2, -0.15) is 15.2 Å². The van der Waals surface area contributed by atoms with E-state index in [9.17, 15) is 5.26 Å². The molecule has 10 rings (SSSR count). The van der Waals surface area contributed by atoms with Gasteiger partial charge in [0, 0.05) is 32.7 Å². The Bertz CT molecular complexity index is 2800. The van der Waals surface area contributed by atoms with Gasteiger partial charge >= 0.3 is 0 Å². The number of rotatable bonds is 3. The van der Waals surface area contributed by atoms with Crippen molar-refractivity contribution in [2.75, 3.05) is 0 Å². The molecule has 0 aliphatic heterocycles. The van der Waals surface area contributed by atoms with Gasteiger partial charge in [0.25, 0.3) is 0 Å². The summed E-state index contributed by atoms with van der Waals surface area (Å²) in [6.07, 6.45) is 0. The van der Waals surface area contributed by atoms with Gasteiger partial charge < -0.3 is 0 Å². The van der Waals surface area contributed by atoms with Gasteiger partial charge in [-0.25, -0.2) is 4.98 Å². The fourth-order valence-corrected chi connectivity index (χ4v) is 8.97. The molecule has 2 aliphatic carbocycles. The molecule has 2 aromatic heterocycles. The zero-order valence-corrected chi connectivity index (χ0v) is 28.9. The number of aromatic nitrogens is 4. The first-order chi connectivity index (χ1) is 24.8. The van der Waals surface area contributed by atoms with E-state index in [1.165, 1.54) is 55.3 Å². The average Bonchev–Trinajstić information content (AvgIpc) is 3.72. The first kappa shape index (κ1) is 29.5. The molecule has 5 heteroatoms. The van der Waals surface area contributed by atoms with Gasteiger partial charge in [-0.3, -0.25) is 4.57 Å². The van der Waals surface area contributed by atoms with E-state index in [0.717, 1.165) is 22.2 Å². The number of nitriles is 1. The van der Waals surface area contributed by atoms with E-state index in [-0.39, 0.29) is 10.8 Å². The fraction of sp³-hybridized carbons (Fsp3) is 0.130. The summed E-state index contributed by atoms with van der Waals surface area (Å²) in [4.78, 5) is 15.6. The summed E-state index contributed by atoms with van der Waals surface area (Å²) in [6, 6.07) is 46.4. The van der Waals surface area contributed by atoms with Crippen molar-refractivity contribution in [2.45, 2.75) is 38.5 Å². The number of nitrogens with zero attached hydrogens (tertiary/aromatic N) is 5. The smallest absolute Gasteiger partial charge is 0.238 e. The van der Waals surface area contributed by atoms with Crippen LogP contribution in [0, 0.1) is 11.3 Å². The summed E-state index contributed by atoms with van der Waals surface area (Å²) >= 11 is 0. The van der Waals surface area contributed by atoms with Gasteiger partial charge in [-0.1, -0.05) is 125 Å². The third-order valence-corrected chi connectivity index (χ3v) is 11.2. The average molecular weight is 656 g/mol. The minimum atomic E-state index is -0.307. The van der Waals surface area contributed by atoms with Crippen LogP contribution >= 0.6 is 0 Å². The Morgan fingerprint density at radius 1 is 0.549 bits per heavy atom. The van der Waals surface area contributed by atoms with Gasteiger partial charge in [-0.15, -0.1) is 0 Å². The highest BCUT2D eigenvalue weighted by molar-refractivity contribution is 6.20. The molecule has 0 amide bonds. The maximum Gasteiger partial charge on any atom is 0.238 e. The molecule has 0 unspecified atom stereocenters. The van der Waals surface area contributed by atoms with Crippen molar-refractivity contribution in [3.63, 3.8) is 0 Å². The summed E-state index contributed by atoms with van der Waals surface area (Å²) in [5, 5.41) is 11.9. The van der Waals surface area contributed by atoms with E-state index in [0.29, 0.717) is 23.2 Å². The second kappa shape index (κ2) is 10.3. The Labute approximate surface area is 296 Å². The Morgan fingerprint density at radius 3 is 1.73 bits per heavy atom. The number of hydrogen-bond acceptors (Lipinski definition) is 4. The fourth-order valence-electron chi connectivity index (χ4n) is 8.97. The zero-order valence-electron chi connectivity index (χ0n) is 28.9. The molecule has 0 spiro atoms. The monoisotopic (exact) mass is 655 g/mol. The standard InChI is InChI=1S/C46H33N5/c1-45(2)33-19-11-8-16-30(33)36-37-31-17-9-12-20-34(31)46(3,4)40(37)41-38(39(36)45)32-18-10-13-21-35(32)51(41)44-49-42(28-14-6-5-7-15-28)48-43(50-44)29-24-22-27(26-47)23-25-29/h5-25H,1-4H3. The summed E-state index contributed by atoms with van der Waals surface area (Å²) in [5.74, 6) is 1.72. The number of hydrogen-bond donors (Lipinski definition) is 0. The van der Waals surface area contributed by atoms with Crippen LogP contribution in [0.5, 0.6) is 0 Å². The molecule has 8 aromatic rings. The van der Waals surface area contributed by atoms with Gasteiger partial charge in [0.2, 0.25) is 5.95 Å². The summed E-state index contributed by atoms with van der Waals surface area (Å²) < 4.78 is 2.30. The molecule has 242 valence electrons. The second-order valence-electron chi connectivity index (χ2n) is 14.8. The maximum atomic E-state index is 9.51. The minimum absolute atomic E-state index is 0.252. The van der Waals surface area contributed by atoms with Crippen LogP contribution in [0.3, 0.4) is 0 Å². The summed E-state index contributed by atoms with van der Waals surface area (Å²) in [5.41, 5.74) is 14.5. The van der Waals surface area contributed by atoms with Gasteiger partial charge in [0.05, 0.1) is 22.7 Å². The molecular weight excluding hydrogens is 623 g/mol. The third kappa shape index (κ3) is 3.93. The van der Waals surface area contributed by atoms with Crippen LogP contribution in [-0.4, -0.2) is 19.5 Å². The molecule has 0 saturated heterocycles. The molecule has 0 bridgehead atoms. The first-order valence-electron chi connectivity index (χ1n) is 17.5. The molecule has 6 aromatic carbocycles.